The van der Waals surface area contributed by atoms with Crippen molar-refractivity contribution in [2.75, 3.05) is 6.26 Å². The summed E-state index contributed by atoms with van der Waals surface area (Å²) in [7, 11) is 0. The molecule has 0 amide bonds. The van der Waals surface area contributed by atoms with E-state index in [-0.39, 0.29) is 12.4 Å². The van der Waals surface area contributed by atoms with Crippen molar-refractivity contribution in [2.24, 2.45) is 0 Å². The van der Waals surface area contributed by atoms with Gasteiger partial charge in [-0.25, -0.2) is 0 Å². The molecular weight excluding hydrogens is 216 g/mol. The maximum atomic E-state index is 9.75. The Kier molecular flexibility index (Phi) is 2.67. The van der Waals surface area contributed by atoms with Gasteiger partial charge in [0, 0.05) is 15.0 Å². The molecule has 0 saturated carbocycles. The maximum Gasteiger partial charge on any atom is 0.139 e. The molecule has 2 N–H and O–H groups in total. The minimum absolute atomic E-state index is 0.0974. The van der Waals surface area contributed by atoms with Crippen molar-refractivity contribution >= 4 is 33.2 Å². The van der Waals surface area contributed by atoms with Crippen LogP contribution in [0.3, 0.4) is 0 Å². The van der Waals surface area contributed by atoms with Gasteiger partial charge in [0.15, 0.2) is 0 Å². The lowest BCUT2D eigenvalue weighted by atomic mass is 10.2. The van der Waals surface area contributed by atoms with Crippen LogP contribution in [0.25, 0.3) is 10.1 Å². The summed E-state index contributed by atoms with van der Waals surface area (Å²) in [5.74, 6) is 0.225. The van der Waals surface area contributed by atoms with Crippen LogP contribution in [-0.4, -0.2) is 16.5 Å². The third kappa shape index (κ3) is 1.49. The SMILES string of the molecule is CSc1ccc2sc(CO)c(O)c2c1. The maximum absolute atomic E-state index is 9.75. The van der Waals surface area contributed by atoms with Crippen molar-refractivity contribution < 1.29 is 10.2 Å². The molecule has 0 fully saturated rings. The average molecular weight is 226 g/mol. The molecule has 2 rings (SSSR count). The van der Waals surface area contributed by atoms with E-state index in [0.717, 1.165) is 15.0 Å². The van der Waals surface area contributed by atoms with Gasteiger partial charge in [-0.2, -0.15) is 0 Å². The minimum atomic E-state index is -0.0974. The van der Waals surface area contributed by atoms with Crippen molar-refractivity contribution in [3.63, 3.8) is 0 Å². The summed E-state index contributed by atoms with van der Waals surface area (Å²) < 4.78 is 1.02. The zero-order chi connectivity index (χ0) is 10.1. The molecule has 14 heavy (non-hydrogen) atoms. The predicted octanol–water partition coefficient (Wildman–Crippen LogP) is 2.82. The second kappa shape index (κ2) is 3.81. The van der Waals surface area contributed by atoms with Crippen molar-refractivity contribution in [3.05, 3.63) is 23.1 Å². The number of rotatable bonds is 2. The lowest BCUT2D eigenvalue weighted by molar-refractivity contribution is 0.280. The molecule has 1 aromatic carbocycles. The van der Waals surface area contributed by atoms with Crippen LogP contribution in [0.5, 0.6) is 5.75 Å². The first kappa shape index (κ1) is 9.83. The molecule has 1 aromatic heterocycles. The highest BCUT2D eigenvalue weighted by Crippen LogP contribution is 2.38. The van der Waals surface area contributed by atoms with Crippen LogP contribution < -0.4 is 0 Å². The molecule has 0 atom stereocenters. The summed E-state index contributed by atoms with van der Waals surface area (Å²) in [5.41, 5.74) is 0. The summed E-state index contributed by atoms with van der Waals surface area (Å²) in [6.07, 6.45) is 2.00. The lowest BCUT2D eigenvalue weighted by Crippen LogP contribution is -1.74. The first-order chi connectivity index (χ1) is 6.76. The second-order valence-electron chi connectivity index (χ2n) is 2.89. The zero-order valence-electron chi connectivity index (χ0n) is 7.65. The number of benzene rings is 1. The van der Waals surface area contributed by atoms with E-state index in [2.05, 4.69) is 0 Å². The van der Waals surface area contributed by atoms with Gasteiger partial charge in [-0.05, 0) is 24.5 Å². The Hall–Kier alpha value is -0.710. The van der Waals surface area contributed by atoms with E-state index in [9.17, 15) is 5.11 Å². The number of fused-ring (bicyclic) bond motifs is 1. The third-order valence-corrected chi connectivity index (χ3v) is 3.95. The van der Waals surface area contributed by atoms with Crippen LogP contribution in [0.4, 0.5) is 0 Å². The van der Waals surface area contributed by atoms with Crippen LogP contribution in [0, 0.1) is 0 Å². The first-order valence-corrected chi connectivity index (χ1v) is 6.19. The molecule has 0 aliphatic rings. The second-order valence-corrected chi connectivity index (χ2v) is 4.91. The zero-order valence-corrected chi connectivity index (χ0v) is 9.28. The summed E-state index contributed by atoms with van der Waals surface area (Å²) in [5, 5.41) is 19.6. The molecule has 0 radical (unpaired) electrons. The van der Waals surface area contributed by atoms with E-state index in [1.807, 2.05) is 24.5 Å². The molecule has 0 aliphatic heterocycles. The quantitative estimate of drug-likeness (QED) is 0.774. The normalized spacial score (nSPS) is 11.0. The van der Waals surface area contributed by atoms with Gasteiger partial charge in [0.25, 0.3) is 0 Å². The summed E-state index contributed by atoms with van der Waals surface area (Å²) in [6, 6.07) is 5.94. The van der Waals surface area contributed by atoms with Crippen molar-refractivity contribution in [2.45, 2.75) is 11.5 Å². The van der Waals surface area contributed by atoms with Gasteiger partial charge in [-0.3, -0.25) is 0 Å². The van der Waals surface area contributed by atoms with E-state index in [1.165, 1.54) is 11.3 Å². The van der Waals surface area contributed by atoms with Gasteiger partial charge in [-0.1, -0.05) is 0 Å². The van der Waals surface area contributed by atoms with Crippen LogP contribution in [0.1, 0.15) is 4.88 Å². The van der Waals surface area contributed by atoms with Crippen molar-refractivity contribution in [1.82, 2.24) is 0 Å². The Balaban J connectivity index is 2.68. The molecule has 1 heterocycles. The monoisotopic (exact) mass is 226 g/mol. The Bertz CT molecular complexity index is 462. The standard InChI is InChI=1S/C10H10O2S2/c1-13-6-2-3-8-7(4-6)10(12)9(5-11)14-8/h2-4,11-12H,5H2,1H3. The molecule has 2 aromatic rings. The van der Waals surface area contributed by atoms with Crippen LogP contribution in [0.15, 0.2) is 23.1 Å². The van der Waals surface area contributed by atoms with Crippen LogP contribution in [-0.2, 0) is 6.61 Å². The summed E-state index contributed by atoms with van der Waals surface area (Å²) in [6.45, 7) is -0.0974. The molecule has 4 heteroatoms. The van der Waals surface area contributed by atoms with Crippen molar-refractivity contribution in [3.8, 4) is 5.75 Å². The number of thiophene rings is 1. The summed E-state index contributed by atoms with van der Waals surface area (Å²) in [4.78, 5) is 1.76. The fraction of sp³-hybridized carbons (Fsp3) is 0.200. The fourth-order valence-corrected chi connectivity index (χ4v) is 2.73. The largest absolute Gasteiger partial charge is 0.506 e. The minimum Gasteiger partial charge on any atom is -0.506 e. The topological polar surface area (TPSA) is 40.5 Å². The number of thioether (sulfide) groups is 1. The Morgan fingerprint density at radius 1 is 1.43 bits per heavy atom. The first-order valence-electron chi connectivity index (χ1n) is 4.15. The number of hydrogen-bond acceptors (Lipinski definition) is 4. The Labute approximate surface area is 90.2 Å². The molecule has 0 spiro atoms. The highest BCUT2D eigenvalue weighted by atomic mass is 32.2. The summed E-state index contributed by atoms with van der Waals surface area (Å²) >= 11 is 3.07. The van der Waals surface area contributed by atoms with Gasteiger partial charge in [0.1, 0.15) is 5.75 Å². The highest BCUT2D eigenvalue weighted by molar-refractivity contribution is 7.98. The smallest absolute Gasteiger partial charge is 0.139 e. The highest BCUT2D eigenvalue weighted by Gasteiger charge is 2.10. The Morgan fingerprint density at radius 2 is 2.21 bits per heavy atom. The molecule has 0 bridgehead atoms. The van der Waals surface area contributed by atoms with E-state index in [0.29, 0.717) is 4.88 Å². The van der Waals surface area contributed by atoms with E-state index < -0.39 is 0 Å². The molecule has 0 unspecified atom stereocenters. The molecule has 2 nitrogen and oxygen atoms in total. The van der Waals surface area contributed by atoms with Gasteiger partial charge in [-0.15, -0.1) is 23.1 Å². The fourth-order valence-electron chi connectivity index (χ4n) is 1.35. The molecule has 0 saturated heterocycles. The van der Waals surface area contributed by atoms with Crippen LogP contribution in [0.2, 0.25) is 0 Å². The van der Waals surface area contributed by atoms with E-state index in [4.69, 9.17) is 5.11 Å². The average Bonchev–Trinajstić information content (AvgIpc) is 2.55. The number of aromatic hydroxyl groups is 1. The molecule has 0 aliphatic carbocycles. The number of aliphatic hydroxyl groups is 1. The molecule has 74 valence electrons. The molecular formula is C10H10O2S2. The predicted molar refractivity (Wildman–Crippen MR) is 61.2 cm³/mol. The van der Waals surface area contributed by atoms with Gasteiger partial charge in [0.2, 0.25) is 0 Å². The number of hydrogen-bond donors (Lipinski definition) is 2. The van der Waals surface area contributed by atoms with E-state index >= 15 is 0 Å². The van der Waals surface area contributed by atoms with E-state index in [1.54, 1.807) is 11.8 Å². The lowest BCUT2D eigenvalue weighted by Gasteiger charge is -1.96. The van der Waals surface area contributed by atoms with Gasteiger partial charge in [0.05, 0.1) is 11.5 Å². The van der Waals surface area contributed by atoms with Gasteiger partial charge >= 0.3 is 0 Å². The Morgan fingerprint density at radius 3 is 2.86 bits per heavy atom. The number of aliphatic hydroxyl groups excluding tert-OH is 1. The third-order valence-electron chi connectivity index (χ3n) is 2.08. The van der Waals surface area contributed by atoms with Crippen molar-refractivity contribution in [1.29, 1.82) is 0 Å². The van der Waals surface area contributed by atoms with Gasteiger partial charge < -0.3 is 10.2 Å². The van der Waals surface area contributed by atoms with Crippen LogP contribution >= 0.6 is 23.1 Å².